The topological polar surface area (TPSA) is 69.8 Å². The van der Waals surface area contributed by atoms with Crippen molar-refractivity contribution in [2.75, 3.05) is 0 Å². The summed E-state index contributed by atoms with van der Waals surface area (Å²) in [5.41, 5.74) is 4.42. The highest BCUT2D eigenvalue weighted by Gasteiger charge is 2.25. The van der Waals surface area contributed by atoms with E-state index in [-0.39, 0.29) is 4.90 Å². The quantitative estimate of drug-likeness (QED) is 0.452. The van der Waals surface area contributed by atoms with Crippen molar-refractivity contribution in [2.45, 2.75) is 49.8 Å². The van der Waals surface area contributed by atoms with E-state index in [0.717, 1.165) is 35.0 Å². The van der Waals surface area contributed by atoms with E-state index in [4.69, 9.17) is 0 Å². The van der Waals surface area contributed by atoms with Crippen molar-refractivity contribution >= 4 is 21.1 Å². The van der Waals surface area contributed by atoms with Gasteiger partial charge in [-0.05, 0) is 49.4 Å². The zero-order chi connectivity index (χ0) is 21.6. The number of hydrogen-bond donors (Lipinski definition) is 0. The molecule has 0 amide bonds. The molecule has 7 heteroatoms. The minimum absolute atomic E-state index is 0.250. The van der Waals surface area contributed by atoms with Gasteiger partial charge in [0.25, 0.3) is 10.0 Å². The lowest BCUT2D eigenvalue weighted by Gasteiger charge is -2.21. The van der Waals surface area contributed by atoms with Gasteiger partial charge < -0.3 is 0 Å². The number of aromatic nitrogens is 4. The van der Waals surface area contributed by atoms with Crippen LogP contribution in [0, 0.1) is 6.92 Å². The molecular weight excluding hydrogens is 408 g/mol. The second-order valence-corrected chi connectivity index (χ2v) is 10.2. The van der Waals surface area contributed by atoms with Crippen LogP contribution in [0.5, 0.6) is 0 Å². The van der Waals surface area contributed by atoms with E-state index < -0.39 is 10.0 Å². The van der Waals surface area contributed by atoms with Gasteiger partial charge in [-0.25, -0.2) is 17.4 Å². The van der Waals surface area contributed by atoms with Crippen molar-refractivity contribution in [1.82, 2.24) is 18.7 Å². The predicted molar refractivity (Wildman–Crippen MR) is 122 cm³/mol. The van der Waals surface area contributed by atoms with Crippen molar-refractivity contribution in [3.05, 3.63) is 66.2 Å². The molecule has 5 rings (SSSR count). The first-order chi connectivity index (χ1) is 15.0. The second-order valence-electron chi connectivity index (χ2n) is 8.40. The molecule has 0 aliphatic heterocycles. The molecule has 3 aromatic heterocycles. The van der Waals surface area contributed by atoms with E-state index in [1.807, 2.05) is 30.9 Å². The first-order valence-electron chi connectivity index (χ1n) is 10.8. The van der Waals surface area contributed by atoms with E-state index in [9.17, 15) is 8.42 Å². The largest absolute Gasteiger partial charge is 0.272 e. The van der Waals surface area contributed by atoms with Gasteiger partial charge in [-0.2, -0.15) is 5.10 Å². The summed E-state index contributed by atoms with van der Waals surface area (Å²) < 4.78 is 30.1. The molecule has 0 unspecified atom stereocenters. The van der Waals surface area contributed by atoms with Crippen LogP contribution < -0.4 is 0 Å². The first kappa shape index (κ1) is 20.0. The highest BCUT2D eigenvalue weighted by molar-refractivity contribution is 7.90. The predicted octanol–water partition coefficient (Wildman–Crippen LogP) is 5.03. The Hall–Kier alpha value is -2.93. The second kappa shape index (κ2) is 7.64. The van der Waals surface area contributed by atoms with Crippen LogP contribution in [0.2, 0.25) is 0 Å². The van der Waals surface area contributed by atoms with E-state index in [2.05, 4.69) is 16.1 Å². The molecule has 1 aromatic carbocycles. The van der Waals surface area contributed by atoms with Crippen LogP contribution in [0.4, 0.5) is 0 Å². The van der Waals surface area contributed by atoms with E-state index in [0.29, 0.717) is 11.6 Å². The van der Waals surface area contributed by atoms with Gasteiger partial charge in [-0.1, -0.05) is 37.5 Å². The summed E-state index contributed by atoms with van der Waals surface area (Å²) in [5, 5.41) is 5.24. The number of rotatable bonds is 4. The van der Waals surface area contributed by atoms with Gasteiger partial charge in [0.1, 0.15) is 0 Å². The molecule has 0 saturated heterocycles. The molecule has 160 valence electrons. The summed E-state index contributed by atoms with van der Waals surface area (Å²) in [6, 6.07) is 10.7. The third-order valence-electron chi connectivity index (χ3n) is 6.54. The van der Waals surface area contributed by atoms with Crippen molar-refractivity contribution in [3.63, 3.8) is 0 Å². The van der Waals surface area contributed by atoms with Crippen molar-refractivity contribution in [2.24, 2.45) is 7.05 Å². The third kappa shape index (κ3) is 3.37. The molecule has 31 heavy (non-hydrogen) atoms. The van der Waals surface area contributed by atoms with Crippen LogP contribution in [-0.2, 0) is 17.1 Å². The van der Waals surface area contributed by atoms with Gasteiger partial charge >= 0.3 is 0 Å². The smallest absolute Gasteiger partial charge is 0.269 e. The van der Waals surface area contributed by atoms with Crippen LogP contribution in [0.1, 0.15) is 49.3 Å². The molecule has 1 aliphatic rings. The molecule has 1 aliphatic carbocycles. The molecule has 0 N–H and O–H groups in total. The lowest BCUT2D eigenvalue weighted by atomic mass is 9.84. The number of aryl methyl sites for hydroxylation is 1. The Morgan fingerprint density at radius 2 is 1.74 bits per heavy atom. The number of pyridine rings is 1. The fraction of sp³-hybridized carbons (Fsp3) is 0.333. The third-order valence-corrected chi connectivity index (χ3v) is 8.20. The fourth-order valence-corrected chi connectivity index (χ4v) is 5.97. The molecule has 6 nitrogen and oxygen atoms in total. The van der Waals surface area contributed by atoms with Crippen LogP contribution in [0.15, 0.2) is 59.9 Å². The van der Waals surface area contributed by atoms with Gasteiger partial charge in [-0.3, -0.25) is 4.68 Å². The molecule has 0 radical (unpaired) electrons. The monoisotopic (exact) mass is 434 g/mol. The Kier molecular flexibility index (Phi) is 4.93. The zero-order valence-corrected chi connectivity index (χ0v) is 18.6. The zero-order valence-electron chi connectivity index (χ0n) is 17.8. The average molecular weight is 435 g/mol. The average Bonchev–Trinajstić information content (AvgIpc) is 3.35. The van der Waals surface area contributed by atoms with Gasteiger partial charge in [0.05, 0.1) is 11.1 Å². The van der Waals surface area contributed by atoms with Crippen LogP contribution in [-0.4, -0.2) is 27.2 Å². The van der Waals surface area contributed by atoms with Crippen LogP contribution in [0.25, 0.3) is 22.2 Å². The van der Waals surface area contributed by atoms with Gasteiger partial charge in [0, 0.05) is 41.6 Å². The maximum absolute atomic E-state index is 13.5. The highest BCUT2D eigenvalue weighted by atomic mass is 32.2. The summed E-state index contributed by atoms with van der Waals surface area (Å²) in [7, 11) is -1.88. The molecule has 1 fully saturated rings. The number of benzene rings is 1. The Bertz CT molecular complexity index is 1350. The molecule has 0 bridgehead atoms. The molecular formula is C24H26N4O2S. The maximum Gasteiger partial charge on any atom is 0.269 e. The van der Waals surface area contributed by atoms with Crippen LogP contribution in [0.3, 0.4) is 0 Å². The summed E-state index contributed by atoms with van der Waals surface area (Å²) in [6.07, 6.45) is 11.5. The van der Waals surface area contributed by atoms with Gasteiger partial charge in [-0.15, -0.1) is 0 Å². The lowest BCUT2D eigenvalue weighted by Crippen LogP contribution is -2.12. The van der Waals surface area contributed by atoms with Crippen molar-refractivity contribution < 1.29 is 8.42 Å². The summed E-state index contributed by atoms with van der Waals surface area (Å²) in [4.78, 5) is 4.94. The Morgan fingerprint density at radius 3 is 2.42 bits per heavy atom. The number of nitrogens with zero attached hydrogens (tertiary/aromatic N) is 4. The molecule has 0 atom stereocenters. The minimum Gasteiger partial charge on any atom is -0.272 e. The SMILES string of the molecule is Cc1c(-c2cn(S(=O)(=O)c3ccccc3)c3ncc(C4CCCCC4)cc23)cnn1C. The van der Waals surface area contributed by atoms with E-state index in [1.54, 1.807) is 36.7 Å². The summed E-state index contributed by atoms with van der Waals surface area (Å²) >= 11 is 0. The Morgan fingerprint density at radius 1 is 1.00 bits per heavy atom. The fourth-order valence-electron chi connectivity index (χ4n) is 4.62. The van der Waals surface area contributed by atoms with Crippen molar-refractivity contribution in [1.29, 1.82) is 0 Å². The van der Waals surface area contributed by atoms with E-state index >= 15 is 0 Å². The van der Waals surface area contributed by atoms with Crippen LogP contribution >= 0.6 is 0 Å². The number of hydrogen-bond acceptors (Lipinski definition) is 4. The molecule has 4 aromatic rings. The highest BCUT2D eigenvalue weighted by Crippen LogP contribution is 2.38. The maximum atomic E-state index is 13.5. The Balaban J connectivity index is 1.75. The lowest BCUT2D eigenvalue weighted by molar-refractivity contribution is 0.443. The standard InChI is InChI=1S/C24H26N4O2S/c1-17-22(15-26-27(17)2)23-16-28(31(29,30)20-11-7-4-8-12-20)24-21(23)13-19(14-25-24)18-9-5-3-6-10-18/h4,7-8,11-16,18H,3,5-6,9-10H2,1-2H3. The minimum atomic E-state index is -3.77. The summed E-state index contributed by atoms with van der Waals surface area (Å²) in [5.74, 6) is 0.488. The molecule has 3 heterocycles. The first-order valence-corrected chi connectivity index (χ1v) is 12.2. The summed E-state index contributed by atoms with van der Waals surface area (Å²) in [6.45, 7) is 2.00. The molecule has 0 spiro atoms. The molecule has 1 saturated carbocycles. The van der Waals surface area contributed by atoms with Crippen molar-refractivity contribution in [3.8, 4) is 11.1 Å². The van der Waals surface area contributed by atoms with Gasteiger partial charge in [0.2, 0.25) is 0 Å². The van der Waals surface area contributed by atoms with Gasteiger partial charge in [0.15, 0.2) is 5.65 Å². The van der Waals surface area contributed by atoms with E-state index in [1.165, 1.54) is 28.8 Å². The number of fused-ring (bicyclic) bond motifs is 1. The normalized spacial score (nSPS) is 15.5. The Labute approximate surface area is 182 Å².